The monoisotopic (exact) mass is 226 g/mol. The van der Waals surface area contributed by atoms with Gasteiger partial charge in [0, 0.05) is 7.11 Å². The van der Waals surface area contributed by atoms with Crippen LogP contribution in [0.1, 0.15) is 0 Å². The van der Waals surface area contributed by atoms with Crippen molar-refractivity contribution >= 4 is 7.82 Å². The average Bonchev–Trinajstić information content (AvgIpc) is 2.59. The molecule has 0 atom stereocenters. The summed E-state index contributed by atoms with van der Waals surface area (Å²) in [6.45, 7) is 2.21. The Bertz CT molecular complexity index is 187. The standard InChI is InChI=1S/C7H15O6P/c1-9-2-3-10-4-5-11-14(8)12-6-7-13-14/h2-7H2,1H3. The molecular formula is C7H15O6P. The highest BCUT2D eigenvalue weighted by atomic mass is 31.2. The van der Waals surface area contributed by atoms with Crippen molar-refractivity contribution in [3.8, 4) is 0 Å². The first kappa shape index (κ1) is 12.1. The first-order chi connectivity index (χ1) is 6.77. The van der Waals surface area contributed by atoms with E-state index >= 15 is 0 Å². The molecule has 0 unspecified atom stereocenters. The van der Waals surface area contributed by atoms with E-state index in [0.29, 0.717) is 33.0 Å². The van der Waals surface area contributed by atoms with Crippen molar-refractivity contribution in [3.63, 3.8) is 0 Å². The molecule has 1 aliphatic heterocycles. The minimum atomic E-state index is -3.24. The van der Waals surface area contributed by atoms with Crippen LogP contribution < -0.4 is 0 Å². The van der Waals surface area contributed by atoms with Gasteiger partial charge in [0.05, 0.1) is 39.6 Å². The fourth-order valence-corrected chi connectivity index (χ4v) is 1.98. The second-order valence-electron chi connectivity index (χ2n) is 2.55. The molecule has 0 radical (unpaired) electrons. The zero-order valence-electron chi connectivity index (χ0n) is 8.14. The van der Waals surface area contributed by atoms with Crippen molar-refractivity contribution in [2.75, 3.05) is 46.8 Å². The lowest BCUT2D eigenvalue weighted by Gasteiger charge is -2.09. The van der Waals surface area contributed by atoms with Gasteiger partial charge in [-0.05, 0) is 0 Å². The molecule has 1 aliphatic rings. The highest BCUT2D eigenvalue weighted by Crippen LogP contribution is 2.52. The van der Waals surface area contributed by atoms with E-state index in [2.05, 4.69) is 0 Å². The molecule has 0 aliphatic carbocycles. The Morgan fingerprint density at radius 1 is 1.14 bits per heavy atom. The van der Waals surface area contributed by atoms with Gasteiger partial charge in [-0.2, -0.15) is 0 Å². The number of ether oxygens (including phenoxy) is 2. The number of methoxy groups -OCH3 is 1. The zero-order chi connectivity index (χ0) is 10.3. The smallest absolute Gasteiger partial charge is 0.382 e. The number of hydrogen-bond donors (Lipinski definition) is 0. The van der Waals surface area contributed by atoms with Crippen molar-refractivity contribution in [3.05, 3.63) is 0 Å². The van der Waals surface area contributed by atoms with Crippen molar-refractivity contribution in [2.45, 2.75) is 0 Å². The van der Waals surface area contributed by atoms with Crippen LogP contribution in [0.2, 0.25) is 0 Å². The Kier molecular flexibility index (Phi) is 5.62. The fraction of sp³-hybridized carbons (Fsp3) is 1.00. The molecule has 1 fully saturated rings. The second kappa shape index (κ2) is 6.50. The molecule has 6 nitrogen and oxygen atoms in total. The van der Waals surface area contributed by atoms with Crippen molar-refractivity contribution < 1.29 is 27.6 Å². The van der Waals surface area contributed by atoms with Gasteiger partial charge in [-0.1, -0.05) is 0 Å². The van der Waals surface area contributed by atoms with Gasteiger partial charge in [0.25, 0.3) is 0 Å². The molecule has 0 aromatic heterocycles. The van der Waals surface area contributed by atoms with E-state index in [1.54, 1.807) is 7.11 Å². The summed E-state index contributed by atoms with van der Waals surface area (Å²) in [6, 6.07) is 0. The zero-order valence-corrected chi connectivity index (χ0v) is 9.03. The topological polar surface area (TPSA) is 63.2 Å². The van der Waals surface area contributed by atoms with Crippen LogP contribution in [0.15, 0.2) is 0 Å². The van der Waals surface area contributed by atoms with Gasteiger partial charge in [0.2, 0.25) is 0 Å². The van der Waals surface area contributed by atoms with E-state index in [1.165, 1.54) is 0 Å². The number of rotatable bonds is 7. The lowest BCUT2D eigenvalue weighted by molar-refractivity contribution is 0.0479. The molecule has 0 bridgehead atoms. The van der Waals surface area contributed by atoms with Crippen LogP contribution in [-0.4, -0.2) is 46.8 Å². The Morgan fingerprint density at radius 2 is 1.79 bits per heavy atom. The Morgan fingerprint density at radius 3 is 2.43 bits per heavy atom. The van der Waals surface area contributed by atoms with E-state index in [0.717, 1.165) is 0 Å². The average molecular weight is 226 g/mol. The third-order valence-corrected chi connectivity index (χ3v) is 2.99. The minimum absolute atomic E-state index is 0.195. The normalized spacial score (nSPS) is 20.1. The van der Waals surface area contributed by atoms with E-state index in [4.69, 9.17) is 23.0 Å². The molecule has 0 amide bonds. The Hall–Kier alpha value is 0.0300. The summed E-state index contributed by atoms with van der Waals surface area (Å²) in [5.41, 5.74) is 0. The first-order valence-electron chi connectivity index (χ1n) is 4.37. The summed E-state index contributed by atoms with van der Waals surface area (Å²) in [4.78, 5) is 0. The van der Waals surface area contributed by atoms with Crippen LogP contribution in [-0.2, 0) is 27.6 Å². The van der Waals surface area contributed by atoms with Crippen LogP contribution in [0.3, 0.4) is 0 Å². The maximum atomic E-state index is 11.4. The number of hydrogen-bond acceptors (Lipinski definition) is 6. The maximum absolute atomic E-state index is 11.4. The first-order valence-corrected chi connectivity index (χ1v) is 5.83. The molecule has 0 saturated carbocycles. The van der Waals surface area contributed by atoms with E-state index in [1.807, 2.05) is 0 Å². The van der Waals surface area contributed by atoms with Crippen LogP contribution in [0.25, 0.3) is 0 Å². The van der Waals surface area contributed by atoms with Gasteiger partial charge in [-0.25, -0.2) is 4.57 Å². The molecule has 7 heteroatoms. The van der Waals surface area contributed by atoms with E-state index in [9.17, 15) is 4.57 Å². The van der Waals surface area contributed by atoms with Gasteiger partial charge in [0.15, 0.2) is 0 Å². The van der Waals surface area contributed by atoms with Gasteiger partial charge in [0.1, 0.15) is 0 Å². The maximum Gasteiger partial charge on any atom is 0.475 e. The predicted octanol–water partition coefficient (Wildman–Crippen LogP) is 0.821. The fourth-order valence-electron chi connectivity index (χ4n) is 0.862. The third kappa shape index (κ3) is 4.50. The van der Waals surface area contributed by atoms with Crippen LogP contribution in [0.5, 0.6) is 0 Å². The van der Waals surface area contributed by atoms with Gasteiger partial charge in [-0.3, -0.25) is 13.6 Å². The van der Waals surface area contributed by atoms with E-state index < -0.39 is 7.82 Å². The molecule has 0 spiro atoms. The Balaban J connectivity index is 1.95. The van der Waals surface area contributed by atoms with Crippen LogP contribution in [0, 0.1) is 0 Å². The van der Waals surface area contributed by atoms with E-state index in [-0.39, 0.29) is 6.61 Å². The van der Waals surface area contributed by atoms with Crippen molar-refractivity contribution in [1.29, 1.82) is 0 Å². The molecule has 0 N–H and O–H groups in total. The number of phosphoric ester groups is 1. The second-order valence-corrected chi connectivity index (χ2v) is 4.22. The molecule has 84 valence electrons. The third-order valence-electron chi connectivity index (χ3n) is 1.49. The summed E-state index contributed by atoms with van der Waals surface area (Å²) in [5, 5.41) is 0. The van der Waals surface area contributed by atoms with Crippen molar-refractivity contribution in [1.82, 2.24) is 0 Å². The van der Waals surface area contributed by atoms with Gasteiger partial charge < -0.3 is 9.47 Å². The molecule has 0 aromatic rings. The minimum Gasteiger partial charge on any atom is -0.382 e. The highest BCUT2D eigenvalue weighted by Gasteiger charge is 2.31. The summed E-state index contributed by atoms with van der Waals surface area (Å²) >= 11 is 0. The molecule has 14 heavy (non-hydrogen) atoms. The van der Waals surface area contributed by atoms with Gasteiger partial charge in [-0.15, -0.1) is 0 Å². The molecular weight excluding hydrogens is 211 g/mol. The Labute approximate surface area is 83.0 Å². The molecule has 1 heterocycles. The molecule has 1 saturated heterocycles. The summed E-state index contributed by atoms with van der Waals surface area (Å²) in [6.07, 6.45) is 0. The highest BCUT2D eigenvalue weighted by molar-refractivity contribution is 7.48. The lowest BCUT2D eigenvalue weighted by atomic mass is 10.7. The van der Waals surface area contributed by atoms with Crippen LogP contribution in [0.4, 0.5) is 0 Å². The largest absolute Gasteiger partial charge is 0.475 e. The van der Waals surface area contributed by atoms with Crippen molar-refractivity contribution in [2.24, 2.45) is 0 Å². The molecule has 0 aromatic carbocycles. The quantitative estimate of drug-likeness (QED) is 0.473. The van der Waals surface area contributed by atoms with Crippen LogP contribution >= 0.6 is 7.82 Å². The SMILES string of the molecule is COCCOCCOP1(=O)OCCO1. The molecule has 1 rings (SSSR count). The summed E-state index contributed by atoms with van der Waals surface area (Å²) in [7, 11) is -1.64. The summed E-state index contributed by atoms with van der Waals surface area (Å²) in [5.74, 6) is 0. The van der Waals surface area contributed by atoms with Gasteiger partial charge >= 0.3 is 7.82 Å². The lowest BCUT2D eigenvalue weighted by Crippen LogP contribution is -2.07. The number of phosphoric acid groups is 1. The predicted molar refractivity (Wildman–Crippen MR) is 48.2 cm³/mol. The summed E-state index contributed by atoms with van der Waals surface area (Å²) < 4.78 is 35.7.